The van der Waals surface area contributed by atoms with Crippen LogP contribution in [-0.2, 0) is 0 Å². The van der Waals surface area contributed by atoms with Gasteiger partial charge < -0.3 is 10.2 Å². The van der Waals surface area contributed by atoms with Crippen molar-refractivity contribution in [3.05, 3.63) is 41.0 Å². The summed E-state index contributed by atoms with van der Waals surface area (Å²) < 4.78 is 6.52. The van der Waals surface area contributed by atoms with Crippen molar-refractivity contribution in [3.8, 4) is 11.6 Å². The summed E-state index contributed by atoms with van der Waals surface area (Å²) in [7, 11) is 0. The van der Waals surface area contributed by atoms with E-state index in [0.717, 1.165) is 9.99 Å². The normalized spacial score (nSPS) is 10.9. The number of rotatable bonds is 1. The molecule has 3 aromatic rings. The van der Waals surface area contributed by atoms with Crippen LogP contribution in [-0.4, -0.2) is 9.97 Å². The van der Waals surface area contributed by atoms with Crippen LogP contribution < -0.4 is 5.73 Å². The second kappa shape index (κ2) is 3.85. The SMILES string of the molecule is Nc1ccc2oc(-c3ccc(Br)cn3)nc2c1. The van der Waals surface area contributed by atoms with E-state index in [1.54, 1.807) is 24.4 Å². The summed E-state index contributed by atoms with van der Waals surface area (Å²) in [6.07, 6.45) is 1.71. The zero-order valence-corrected chi connectivity index (χ0v) is 10.3. The Bertz CT molecular complexity index is 676. The first kappa shape index (κ1) is 10.3. The first-order valence-corrected chi connectivity index (χ1v) is 5.80. The molecule has 4 nitrogen and oxygen atoms in total. The minimum Gasteiger partial charge on any atom is -0.435 e. The lowest BCUT2D eigenvalue weighted by Crippen LogP contribution is -1.83. The number of aromatic nitrogens is 2. The van der Waals surface area contributed by atoms with Crippen LogP contribution in [0.3, 0.4) is 0 Å². The fraction of sp³-hybridized carbons (Fsp3) is 0. The van der Waals surface area contributed by atoms with Crippen molar-refractivity contribution < 1.29 is 4.42 Å². The molecule has 2 aromatic heterocycles. The molecule has 0 fully saturated rings. The van der Waals surface area contributed by atoms with Gasteiger partial charge in [-0.05, 0) is 46.3 Å². The monoisotopic (exact) mass is 289 g/mol. The van der Waals surface area contributed by atoms with Gasteiger partial charge in [-0.25, -0.2) is 4.98 Å². The van der Waals surface area contributed by atoms with E-state index in [1.807, 2.05) is 12.1 Å². The summed E-state index contributed by atoms with van der Waals surface area (Å²) in [4.78, 5) is 8.58. The van der Waals surface area contributed by atoms with Crippen molar-refractivity contribution >= 4 is 32.7 Å². The molecule has 0 saturated carbocycles. The molecule has 0 aliphatic rings. The van der Waals surface area contributed by atoms with E-state index in [1.165, 1.54) is 0 Å². The van der Waals surface area contributed by atoms with Gasteiger partial charge in [-0.2, -0.15) is 0 Å². The number of pyridine rings is 1. The van der Waals surface area contributed by atoms with Gasteiger partial charge in [-0.1, -0.05) is 0 Å². The molecule has 17 heavy (non-hydrogen) atoms. The van der Waals surface area contributed by atoms with Crippen LogP contribution >= 0.6 is 15.9 Å². The van der Waals surface area contributed by atoms with Crippen LogP contribution in [0.2, 0.25) is 0 Å². The van der Waals surface area contributed by atoms with E-state index in [2.05, 4.69) is 25.9 Å². The van der Waals surface area contributed by atoms with Crippen molar-refractivity contribution in [1.29, 1.82) is 0 Å². The molecule has 1 aromatic carbocycles. The molecule has 0 aliphatic heterocycles. The summed E-state index contributed by atoms with van der Waals surface area (Å²) in [5.41, 5.74) is 8.50. The first-order chi connectivity index (χ1) is 8.22. The zero-order chi connectivity index (χ0) is 11.8. The quantitative estimate of drug-likeness (QED) is 0.699. The smallest absolute Gasteiger partial charge is 0.246 e. The van der Waals surface area contributed by atoms with Crippen LogP contribution in [0.5, 0.6) is 0 Å². The number of nitrogens with zero attached hydrogens (tertiary/aromatic N) is 2. The van der Waals surface area contributed by atoms with Gasteiger partial charge in [0.15, 0.2) is 5.58 Å². The molecule has 0 bridgehead atoms. The summed E-state index contributed by atoms with van der Waals surface area (Å²) in [6, 6.07) is 9.11. The molecule has 2 N–H and O–H groups in total. The maximum Gasteiger partial charge on any atom is 0.246 e. The van der Waals surface area contributed by atoms with Gasteiger partial charge in [-0.15, -0.1) is 0 Å². The predicted molar refractivity (Wildman–Crippen MR) is 69.4 cm³/mol. The number of oxazole rings is 1. The van der Waals surface area contributed by atoms with Crippen molar-refractivity contribution in [2.45, 2.75) is 0 Å². The molecule has 5 heteroatoms. The number of nitrogens with two attached hydrogens (primary N) is 1. The van der Waals surface area contributed by atoms with Crippen LogP contribution in [0.4, 0.5) is 5.69 Å². The fourth-order valence-corrected chi connectivity index (χ4v) is 1.79. The van der Waals surface area contributed by atoms with Crippen molar-refractivity contribution in [3.63, 3.8) is 0 Å². The van der Waals surface area contributed by atoms with Gasteiger partial charge >= 0.3 is 0 Å². The van der Waals surface area contributed by atoms with Crippen LogP contribution in [0.1, 0.15) is 0 Å². The van der Waals surface area contributed by atoms with Gasteiger partial charge in [0.2, 0.25) is 5.89 Å². The maximum absolute atomic E-state index is 5.69. The largest absolute Gasteiger partial charge is 0.435 e. The summed E-state index contributed by atoms with van der Waals surface area (Å²) >= 11 is 3.33. The third-order valence-corrected chi connectivity index (χ3v) is 2.83. The van der Waals surface area contributed by atoms with Crippen molar-refractivity contribution in [2.75, 3.05) is 5.73 Å². The van der Waals surface area contributed by atoms with Crippen molar-refractivity contribution in [1.82, 2.24) is 9.97 Å². The number of benzene rings is 1. The summed E-state index contributed by atoms with van der Waals surface area (Å²) in [5, 5.41) is 0. The Morgan fingerprint density at radius 2 is 2.06 bits per heavy atom. The molecule has 0 saturated heterocycles. The number of hydrogen-bond donors (Lipinski definition) is 1. The van der Waals surface area contributed by atoms with Gasteiger partial charge in [-0.3, -0.25) is 4.98 Å². The first-order valence-electron chi connectivity index (χ1n) is 5.00. The van der Waals surface area contributed by atoms with Gasteiger partial charge in [0.05, 0.1) is 0 Å². The van der Waals surface area contributed by atoms with Crippen LogP contribution in [0.15, 0.2) is 45.4 Å². The molecule has 3 rings (SSSR count). The van der Waals surface area contributed by atoms with Crippen LogP contribution in [0, 0.1) is 0 Å². The Labute approximate surface area is 106 Å². The van der Waals surface area contributed by atoms with E-state index >= 15 is 0 Å². The molecule has 0 aliphatic carbocycles. The Kier molecular flexibility index (Phi) is 2.33. The number of anilines is 1. The molecular formula is C12H8BrN3O. The molecule has 0 spiro atoms. The van der Waals surface area contributed by atoms with E-state index in [0.29, 0.717) is 22.9 Å². The van der Waals surface area contributed by atoms with E-state index < -0.39 is 0 Å². The third kappa shape index (κ3) is 1.89. The van der Waals surface area contributed by atoms with Crippen LogP contribution in [0.25, 0.3) is 22.7 Å². The average Bonchev–Trinajstić information content (AvgIpc) is 2.72. The summed E-state index contributed by atoms with van der Waals surface area (Å²) in [6.45, 7) is 0. The highest BCUT2D eigenvalue weighted by Crippen LogP contribution is 2.24. The molecule has 0 atom stereocenters. The minimum absolute atomic E-state index is 0.498. The molecule has 0 radical (unpaired) electrons. The lowest BCUT2D eigenvalue weighted by atomic mass is 10.3. The van der Waals surface area contributed by atoms with E-state index in [4.69, 9.17) is 10.2 Å². The maximum atomic E-state index is 5.69. The lowest BCUT2D eigenvalue weighted by Gasteiger charge is -1.93. The standard InChI is InChI=1S/C12H8BrN3O/c13-7-1-3-9(15-6-7)12-16-10-5-8(14)2-4-11(10)17-12/h1-6H,14H2. The molecular weight excluding hydrogens is 282 g/mol. The molecule has 84 valence electrons. The third-order valence-electron chi connectivity index (χ3n) is 2.36. The summed E-state index contributed by atoms with van der Waals surface area (Å²) in [5.74, 6) is 0.498. The lowest BCUT2D eigenvalue weighted by molar-refractivity contribution is 0.617. The predicted octanol–water partition coefficient (Wildman–Crippen LogP) is 3.23. The van der Waals surface area contributed by atoms with Gasteiger partial charge in [0, 0.05) is 16.4 Å². The average molecular weight is 290 g/mol. The highest BCUT2D eigenvalue weighted by molar-refractivity contribution is 9.10. The number of halogens is 1. The zero-order valence-electron chi connectivity index (χ0n) is 8.72. The number of nitrogen functional groups attached to an aromatic ring is 1. The Morgan fingerprint density at radius 1 is 1.18 bits per heavy atom. The Balaban J connectivity index is 2.14. The second-order valence-corrected chi connectivity index (χ2v) is 4.52. The number of hydrogen-bond acceptors (Lipinski definition) is 4. The Hall–Kier alpha value is -1.88. The minimum atomic E-state index is 0.498. The Morgan fingerprint density at radius 3 is 2.82 bits per heavy atom. The highest BCUT2D eigenvalue weighted by atomic mass is 79.9. The highest BCUT2D eigenvalue weighted by Gasteiger charge is 2.09. The van der Waals surface area contributed by atoms with Crippen molar-refractivity contribution in [2.24, 2.45) is 0 Å². The molecule has 0 amide bonds. The number of fused-ring (bicyclic) bond motifs is 1. The van der Waals surface area contributed by atoms with E-state index in [-0.39, 0.29) is 0 Å². The van der Waals surface area contributed by atoms with Gasteiger partial charge in [0.25, 0.3) is 0 Å². The topological polar surface area (TPSA) is 64.9 Å². The molecule has 2 heterocycles. The van der Waals surface area contributed by atoms with E-state index in [9.17, 15) is 0 Å². The fourth-order valence-electron chi connectivity index (χ4n) is 1.56. The van der Waals surface area contributed by atoms with Gasteiger partial charge in [0.1, 0.15) is 11.2 Å². The molecule has 0 unspecified atom stereocenters. The second-order valence-electron chi connectivity index (χ2n) is 3.61.